The first-order chi connectivity index (χ1) is 12.8. The molecule has 2 aliphatic heterocycles. The molecule has 0 amide bonds. The van der Waals surface area contributed by atoms with Crippen LogP contribution in [0.4, 0.5) is 0 Å². The zero-order valence-electron chi connectivity index (χ0n) is 14.7. The van der Waals surface area contributed by atoms with Gasteiger partial charge in [-0.3, -0.25) is 4.90 Å². The van der Waals surface area contributed by atoms with Crippen molar-refractivity contribution in [3.63, 3.8) is 0 Å². The largest absolute Gasteiger partial charge is 0.454 e. The molecule has 4 rings (SSSR count). The van der Waals surface area contributed by atoms with Gasteiger partial charge in [-0.15, -0.1) is 0 Å². The van der Waals surface area contributed by atoms with Crippen LogP contribution in [0.5, 0.6) is 11.5 Å². The minimum atomic E-state index is 0.303. The topological polar surface area (TPSA) is 37.0 Å². The monoisotopic (exact) mass is 369 g/mol. The average molecular weight is 369 g/mol. The lowest BCUT2D eigenvalue weighted by Gasteiger charge is -2.36. The van der Waals surface area contributed by atoms with Crippen molar-refractivity contribution in [2.45, 2.75) is 13.1 Å². The van der Waals surface area contributed by atoms with E-state index in [0.29, 0.717) is 13.3 Å². The summed E-state index contributed by atoms with van der Waals surface area (Å²) in [6, 6.07) is 16.6. The first-order valence-electron chi connectivity index (χ1n) is 8.95. The SMILES string of the molecule is S=C(NCc1ccc2c(c1)OCO2)N1CCN(Cc2ccccc2)CC1. The fraction of sp³-hybridized carbons (Fsp3) is 0.350. The number of hydrogen-bond donors (Lipinski definition) is 1. The van der Waals surface area contributed by atoms with Gasteiger partial charge in [0, 0.05) is 39.3 Å². The molecule has 0 aliphatic carbocycles. The van der Waals surface area contributed by atoms with Crippen molar-refractivity contribution in [3.05, 3.63) is 59.7 Å². The number of nitrogens with zero attached hydrogens (tertiary/aromatic N) is 2. The van der Waals surface area contributed by atoms with Crippen LogP contribution in [-0.2, 0) is 13.1 Å². The summed E-state index contributed by atoms with van der Waals surface area (Å²) >= 11 is 5.58. The van der Waals surface area contributed by atoms with E-state index < -0.39 is 0 Å². The van der Waals surface area contributed by atoms with Gasteiger partial charge in [0.1, 0.15) is 0 Å². The molecular weight excluding hydrogens is 346 g/mol. The first-order valence-corrected chi connectivity index (χ1v) is 9.36. The molecule has 6 heteroatoms. The fourth-order valence-corrected chi connectivity index (χ4v) is 3.55. The second-order valence-electron chi connectivity index (χ2n) is 6.60. The van der Waals surface area contributed by atoms with Crippen LogP contribution in [0.3, 0.4) is 0 Å². The van der Waals surface area contributed by atoms with Gasteiger partial charge in [0.15, 0.2) is 16.6 Å². The summed E-state index contributed by atoms with van der Waals surface area (Å²) in [7, 11) is 0. The van der Waals surface area contributed by atoms with E-state index in [4.69, 9.17) is 21.7 Å². The maximum atomic E-state index is 5.58. The first kappa shape index (κ1) is 17.1. The fourth-order valence-electron chi connectivity index (χ4n) is 3.29. The third kappa shape index (κ3) is 4.08. The number of ether oxygens (including phenoxy) is 2. The number of rotatable bonds is 4. The minimum Gasteiger partial charge on any atom is -0.454 e. The molecule has 1 fully saturated rings. The van der Waals surface area contributed by atoms with Crippen molar-refractivity contribution in [2.24, 2.45) is 0 Å². The zero-order chi connectivity index (χ0) is 17.8. The summed E-state index contributed by atoms with van der Waals surface area (Å²) in [5, 5.41) is 4.19. The molecule has 136 valence electrons. The van der Waals surface area contributed by atoms with E-state index in [2.05, 4.69) is 45.4 Å². The Kier molecular flexibility index (Phi) is 5.22. The maximum Gasteiger partial charge on any atom is 0.231 e. The van der Waals surface area contributed by atoms with Gasteiger partial charge in [0.05, 0.1) is 0 Å². The Labute approximate surface area is 159 Å². The summed E-state index contributed by atoms with van der Waals surface area (Å²) in [6.45, 7) is 5.98. The van der Waals surface area contributed by atoms with E-state index in [9.17, 15) is 0 Å². The van der Waals surface area contributed by atoms with Gasteiger partial charge in [-0.1, -0.05) is 36.4 Å². The Morgan fingerprint density at radius 3 is 2.50 bits per heavy atom. The summed E-state index contributed by atoms with van der Waals surface area (Å²) in [5.74, 6) is 1.62. The number of piperazine rings is 1. The maximum absolute atomic E-state index is 5.58. The average Bonchev–Trinajstić information content (AvgIpc) is 3.15. The summed E-state index contributed by atoms with van der Waals surface area (Å²) in [5.41, 5.74) is 2.50. The predicted molar refractivity (Wildman–Crippen MR) is 105 cm³/mol. The predicted octanol–water partition coefficient (Wildman–Crippen LogP) is 2.61. The standard InChI is InChI=1S/C20H23N3O2S/c26-20(21-13-17-6-7-18-19(12-17)25-15-24-18)23-10-8-22(9-11-23)14-16-4-2-1-3-5-16/h1-7,12H,8-11,13-15H2,(H,21,26). The Bertz CT molecular complexity index is 761. The lowest BCUT2D eigenvalue weighted by atomic mass is 10.2. The minimum absolute atomic E-state index is 0.303. The Morgan fingerprint density at radius 1 is 0.923 bits per heavy atom. The molecule has 26 heavy (non-hydrogen) atoms. The quantitative estimate of drug-likeness (QED) is 0.835. The van der Waals surface area contributed by atoms with E-state index in [-0.39, 0.29) is 0 Å². The number of fused-ring (bicyclic) bond motifs is 1. The molecule has 5 nitrogen and oxygen atoms in total. The van der Waals surface area contributed by atoms with Crippen molar-refractivity contribution < 1.29 is 9.47 Å². The molecule has 0 bridgehead atoms. The van der Waals surface area contributed by atoms with Crippen LogP contribution in [-0.4, -0.2) is 47.9 Å². The third-order valence-corrected chi connectivity index (χ3v) is 5.19. The van der Waals surface area contributed by atoms with Crippen molar-refractivity contribution in [2.75, 3.05) is 33.0 Å². The van der Waals surface area contributed by atoms with Crippen molar-refractivity contribution in [1.82, 2.24) is 15.1 Å². The Morgan fingerprint density at radius 2 is 1.69 bits per heavy atom. The number of nitrogens with one attached hydrogen (secondary N) is 1. The van der Waals surface area contributed by atoms with Crippen molar-refractivity contribution in [1.29, 1.82) is 0 Å². The van der Waals surface area contributed by atoms with E-state index >= 15 is 0 Å². The number of benzene rings is 2. The van der Waals surface area contributed by atoms with Gasteiger partial charge in [0.25, 0.3) is 0 Å². The highest BCUT2D eigenvalue weighted by atomic mass is 32.1. The van der Waals surface area contributed by atoms with Crippen LogP contribution < -0.4 is 14.8 Å². The smallest absolute Gasteiger partial charge is 0.231 e. The molecule has 0 spiro atoms. The Balaban J connectivity index is 1.23. The summed E-state index contributed by atoms with van der Waals surface area (Å²) < 4.78 is 10.8. The van der Waals surface area contributed by atoms with Gasteiger partial charge < -0.3 is 19.7 Å². The molecular formula is C20H23N3O2S. The van der Waals surface area contributed by atoms with Gasteiger partial charge in [-0.05, 0) is 35.5 Å². The van der Waals surface area contributed by atoms with Crippen molar-refractivity contribution >= 4 is 17.3 Å². The highest BCUT2D eigenvalue weighted by Gasteiger charge is 2.19. The molecule has 0 saturated carbocycles. The lowest BCUT2D eigenvalue weighted by molar-refractivity contribution is 0.174. The molecule has 1 saturated heterocycles. The van der Waals surface area contributed by atoms with Gasteiger partial charge >= 0.3 is 0 Å². The number of hydrogen-bond acceptors (Lipinski definition) is 4. The van der Waals surface area contributed by atoms with Gasteiger partial charge in [-0.2, -0.15) is 0 Å². The van der Waals surface area contributed by atoms with E-state index in [1.165, 1.54) is 5.56 Å². The van der Waals surface area contributed by atoms with Crippen LogP contribution >= 0.6 is 12.2 Å². The van der Waals surface area contributed by atoms with Crippen molar-refractivity contribution in [3.8, 4) is 11.5 Å². The summed E-state index contributed by atoms with van der Waals surface area (Å²) in [4.78, 5) is 4.73. The van der Waals surface area contributed by atoms with Gasteiger partial charge in [0.2, 0.25) is 6.79 Å². The van der Waals surface area contributed by atoms with E-state index in [1.54, 1.807) is 0 Å². The number of thiocarbonyl (C=S) groups is 1. The van der Waals surface area contributed by atoms with Crippen LogP contribution in [0.25, 0.3) is 0 Å². The van der Waals surface area contributed by atoms with Gasteiger partial charge in [-0.25, -0.2) is 0 Å². The molecule has 2 aromatic carbocycles. The molecule has 0 atom stereocenters. The lowest BCUT2D eigenvalue weighted by Crippen LogP contribution is -2.51. The normalized spacial score (nSPS) is 16.5. The molecule has 1 N–H and O–H groups in total. The molecule has 2 heterocycles. The molecule has 2 aliphatic rings. The van der Waals surface area contributed by atoms with Crippen LogP contribution in [0.1, 0.15) is 11.1 Å². The second kappa shape index (κ2) is 7.93. The van der Waals surface area contributed by atoms with Crippen LogP contribution in [0, 0.1) is 0 Å². The molecule has 2 aromatic rings. The summed E-state index contributed by atoms with van der Waals surface area (Å²) in [6.07, 6.45) is 0. The second-order valence-corrected chi connectivity index (χ2v) is 6.98. The molecule has 0 radical (unpaired) electrons. The van der Waals surface area contributed by atoms with Crippen LogP contribution in [0.15, 0.2) is 48.5 Å². The molecule has 0 unspecified atom stereocenters. The molecule has 0 aromatic heterocycles. The third-order valence-electron chi connectivity index (χ3n) is 4.79. The van der Waals surface area contributed by atoms with E-state index in [1.807, 2.05) is 18.2 Å². The zero-order valence-corrected chi connectivity index (χ0v) is 15.5. The highest BCUT2D eigenvalue weighted by molar-refractivity contribution is 7.80. The van der Waals surface area contributed by atoms with Crippen LogP contribution in [0.2, 0.25) is 0 Å². The Hall–Kier alpha value is -2.31. The highest BCUT2D eigenvalue weighted by Crippen LogP contribution is 2.32. The van der Waals surface area contributed by atoms with E-state index in [0.717, 1.165) is 54.9 Å².